The first-order chi connectivity index (χ1) is 9.88. The summed E-state index contributed by atoms with van der Waals surface area (Å²) in [5, 5.41) is 2.82. The van der Waals surface area contributed by atoms with E-state index in [1.54, 1.807) is 0 Å². The lowest BCUT2D eigenvalue weighted by Gasteiger charge is -2.14. The lowest BCUT2D eigenvalue weighted by molar-refractivity contribution is -0.151. The van der Waals surface area contributed by atoms with Crippen LogP contribution in [0.4, 0.5) is 5.69 Å². The molecule has 21 heavy (non-hydrogen) atoms. The zero-order valence-corrected chi connectivity index (χ0v) is 13.6. The number of rotatable bonds is 6. The second-order valence-corrected chi connectivity index (χ2v) is 5.44. The molecule has 1 rings (SSSR count). The lowest BCUT2D eigenvalue weighted by Crippen LogP contribution is -2.25. The minimum atomic E-state index is -0.302. The minimum Gasteiger partial charge on any atom is -0.455 e. The standard InChI is InChI=1S/C17H25NO3/c1-6-14(7-2)17(20)21-10-15(19)18-16-12(4)8-11(3)9-13(16)5/h8-9,14H,6-7,10H2,1-5H3,(H,18,19). The molecular formula is C17H25NO3. The number of benzene rings is 1. The summed E-state index contributed by atoms with van der Waals surface area (Å²) < 4.78 is 5.07. The Hall–Kier alpha value is -1.84. The summed E-state index contributed by atoms with van der Waals surface area (Å²) in [6.45, 7) is 9.56. The number of carbonyl (C=O) groups is 2. The average molecular weight is 291 g/mol. The fraction of sp³-hybridized carbons (Fsp3) is 0.529. The zero-order chi connectivity index (χ0) is 16.0. The first-order valence-corrected chi connectivity index (χ1v) is 7.43. The SMILES string of the molecule is CCC(CC)C(=O)OCC(=O)Nc1c(C)cc(C)cc1C. The highest BCUT2D eigenvalue weighted by Crippen LogP contribution is 2.21. The van der Waals surface area contributed by atoms with E-state index in [4.69, 9.17) is 4.74 Å². The third-order valence-electron chi connectivity index (χ3n) is 3.61. The van der Waals surface area contributed by atoms with Gasteiger partial charge >= 0.3 is 5.97 Å². The number of hydrogen-bond acceptors (Lipinski definition) is 3. The average Bonchev–Trinajstić information content (AvgIpc) is 2.42. The van der Waals surface area contributed by atoms with Crippen molar-refractivity contribution < 1.29 is 14.3 Å². The second kappa shape index (κ2) is 7.81. The molecule has 1 aromatic rings. The molecule has 0 aliphatic rings. The molecule has 0 aliphatic heterocycles. The summed E-state index contributed by atoms with van der Waals surface area (Å²) in [6, 6.07) is 4.03. The molecular weight excluding hydrogens is 266 g/mol. The summed E-state index contributed by atoms with van der Waals surface area (Å²) in [5.74, 6) is -0.725. The van der Waals surface area contributed by atoms with Crippen LogP contribution in [0, 0.1) is 26.7 Å². The lowest BCUT2D eigenvalue weighted by atomic mass is 10.0. The van der Waals surface area contributed by atoms with Gasteiger partial charge in [0.2, 0.25) is 0 Å². The van der Waals surface area contributed by atoms with Crippen LogP contribution < -0.4 is 5.32 Å². The molecule has 4 nitrogen and oxygen atoms in total. The molecule has 0 saturated carbocycles. The molecule has 0 aromatic heterocycles. The van der Waals surface area contributed by atoms with Crippen molar-refractivity contribution in [3.05, 3.63) is 28.8 Å². The number of anilines is 1. The Morgan fingerprint density at radius 2 is 1.62 bits per heavy atom. The van der Waals surface area contributed by atoms with E-state index >= 15 is 0 Å². The van der Waals surface area contributed by atoms with Crippen LogP contribution in [-0.4, -0.2) is 18.5 Å². The number of nitrogens with one attached hydrogen (secondary N) is 1. The maximum absolute atomic E-state index is 11.9. The highest BCUT2D eigenvalue weighted by Gasteiger charge is 2.17. The van der Waals surface area contributed by atoms with E-state index < -0.39 is 0 Å². The Bertz CT molecular complexity index is 496. The van der Waals surface area contributed by atoms with Gasteiger partial charge in [0.25, 0.3) is 5.91 Å². The molecule has 4 heteroatoms. The number of esters is 1. The van der Waals surface area contributed by atoms with Crippen molar-refractivity contribution >= 4 is 17.6 Å². The zero-order valence-electron chi connectivity index (χ0n) is 13.6. The quantitative estimate of drug-likeness (QED) is 0.816. The molecule has 1 N–H and O–H groups in total. The Balaban J connectivity index is 2.61. The monoisotopic (exact) mass is 291 g/mol. The summed E-state index contributed by atoms with van der Waals surface area (Å²) in [7, 11) is 0. The Labute approximate surface area is 126 Å². The van der Waals surface area contributed by atoms with Crippen molar-refractivity contribution in [3.8, 4) is 0 Å². The van der Waals surface area contributed by atoms with E-state index in [1.165, 1.54) is 0 Å². The van der Waals surface area contributed by atoms with Crippen molar-refractivity contribution in [1.82, 2.24) is 0 Å². The van der Waals surface area contributed by atoms with Crippen LogP contribution in [0.25, 0.3) is 0 Å². The maximum Gasteiger partial charge on any atom is 0.309 e. The van der Waals surface area contributed by atoms with Gasteiger partial charge in [-0.3, -0.25) is 9.59 Å². The van der Waals surface area contributed by atoms with E-state index in [9.17, 15) is 9.59 Å². The third-order valence-corrected chi connectivity index (χ3v) is 3.61. The van der Waals surface area contributed by atoms with Gasteiger partial charge in [-0.1, -0.05) is 31.5 Å². The van der Waals surface area contributed by atoms with Crippen LogP contribution in [0.1, 0.15) is 43.4 Å². The Morgan fingerprint density at radius 3 is 2.10 bits per heavy atom. The Morgan fingerprint density at radius 1 is 1.10 bits per heavy atom. The number of amides is 1. The first kappa shape index (κ1) is 17.2. The molecule has 1 amide bonds. The van der Waals surface area contributed by atoms with Gasteiger partial charge in [0, 0.05) is 5.69 Å². The number of ether oxygens (including phenoxy) is 1. The van der Waals surface area contributed by atoms with Gasteiger partial charge in [0.15, 0.2) is 6.61 Å². The van der Waals surface area contributed by atoms with Gasteiger partial charge in [0.1, 0.15) is 0 Å². The molecule has 0 fully saturated rings. The van der Waals surface area contributed by atoms with Gasteiger partial charge in [-0.25, -0.2) is 0 Å². The Kier molecular flexibility index (Phi) is 6.40. The van der Waals surface area contributed by atoms with Crippen LogP contribution in [0.3, 0.4) is 0 Å². The van der Waals surface area contributed by atoms with Crippen LogP contribution in [0.15, 0.2) is 12.1 Å². The molecule has 0 heterocycles. The van der Waals surface area contributed by atoms with Crippen LogP contribution in [0.5, 0.6) is 0 Å². The number of hydrogen-bond donors (Lipinski definition) is 1. The topological polar surface area (TPSA) is 55.4 Å². The molecule has 0 bridgehead atoms. The third kappa shape index (κ3) is 4.88. The summed E-state index contributed by atoms with van der Waals surface area (Å²) >= 11 is 0. The fourth-order valence-electron chi connectivity index (χ4n) is 2.43. The van der Waals surface area contributed by atoms with Crippen molar-refractivity contribution in [2.24, 2.45) is 5.92 Å². The number of aryl methyl sites for hydroxylation is 3. The summed E-state index contributed by atoms with van der Waals surface area (Å²) in [6.07, 6.45) is 1.46. The fourth-order valence-corrected chi connectivity index (χ4v) is 2.43. The predicted molar refractivity (Wildman–Crippen MR) is 84.3 cm³/mol. The first-order valence-electron chi connectivity index (χ1n) is 7.43. The molecule has 0 spiro atoms. The molecule has 0 aliphatic carbocycles. The second-order valence-electron chi connectivity index (χ2n) is 5.44. The molecule has 0 atom stereocenters. The smallest absolute Gasteiger partial charge is 0.309 e. The normalized spacial score (nSPS) is 10.6. The van der Waals surface area contributed by atoms with E-state index in [2.05, 4.69) is 5.32 Å². The minimum absolute atomic E-state index is 0.124. The predicted octanol–water partition coefficient (Wildman–Crippen LogP) is 3.53. The van der Waals surface area contributed by atoms with E-state index in [1.807, 2.05) is 46.8 Å². The van der Waals surface area contributed by atoms with Gasteiger partial charge in [-0.15, -0.1) is 0 Å². The van der Waals surface area contributed by atoms with Crippen molar-refractivity contribution in [3.63, 3.8) is 0 Å². The highest BCUT2D eigenvalue weighted by molar-refractivity contribution is 5.94. The molecule has 0 saturated heterocycles. The van der Waals surface area contributed by atoms with E-state index in [0.29, 0.717) is 0 Å². The largest absolute Gasteiger partial charge is 0.455 e. The summed E-state index contributed by atoms with van der Waals surface area (Å²) in [4.78, 5) is 23.7. The van der Waals surface area contributed by atoms with Gasteiger partial charge < -0.3 is 10.1 Å². The molecule has 116 valence electrons. The van der Waals surface area contributed by atoms with Crippen molar-refractivity contribution in [1.29, 1.82) is 0 Å². The van der Waals surface area contributed by atoms with Crippen LogP contribution in [-0.2, 0) is 14.3 Å². The van der Waals surface area contributed by atoms with Crippen LogP contribution in [0.2, 0.25) is 0 Å². The van der Waals surface area contributed by atoms with Gasteiger partial charge in [-0.05, 0) is 44.7 Å². The van der Waals surface area contributed by atoms with E-state index in [0.717, 1.165) is 35.2 Å². The molecule has 0 unspecified atom stereocenters. The maximum atomic E-state index is 11.9. The molecule has 1 aromatic carbocycles. The van der Waals surface area contributed by atoms with Crippen molar-refractivity contribution in [2.75, 3.05) is 11.9 Å². The highest BCUT2D eigenvalue weighted by atomic mass is 16.5. The van der Waals surface area contributed by atoms with Crippen molar-refractivity contribution in [2.45, 2.75) is 47.5 Å². The van der Waals surface area contributed by atoms with E-state index in [-0.39, 0.29) is 24.4 Å². The molecule has 0 radical (unpaired) electrons. The van der Waals surface area contributed by atoms with Gasteiger partial charge in [-0.2, -0.15) is 0 Å². The number of carbonyl (C=O) groups excluding carboxylic acids is 2. The van der Waals surface area contributed by atoms with Gasteiger partial charge in [0.05, 0.1) is 5.92 Å². The van der Waals surface area contributed by atoms with Crippen LogP contribution >= 0.6 is 0 Å². The summed E-state index contributed by atoms with van der Waals surface area (Å²) in [5.41, 5.74) is 3.96.